The molecule has 0 aromatic heterocycles. The van der Waals surface area contributed by atoms with Crippen molar-refractivity contribution in [3.63, 3.8) is 0 Å². The van der Waals surface area contributed by atoms with Gasteiger partial charge in [-0.1, -0.05) is 19.1 Å². The topological polar surface area (TPSA) is 21.3 Å². The van der Waals surface area contributed by atoms with Gasteiger partial charge in [0.25, 0.3) is 0 Å². The molecule has 3 rings (SSSR count). The summed E-state index contributed by atoms with van der Waals surface area (Å²) < 4.78 is 5.79. The second-order valence-electron chi connectivity index (χ2n) is 5.85. The fourth-order valence-electron chi connectivity index (χ4n) is 2.76. The fourth-order valence-corrected chi connectivity index (χ4v) is 2.76. The van der Waals surface area contributed by atoms with Crippen LogP contribution in [0.2, 0.25) is 0 Å². The van der Waals surface area contributed by atoms with Gasteiger partial charge in [-0.3, -0.25) is 0 Å². The molecular formula is C16H23NO. The normalized spacial score (nSPS) is 22.6. The number of hydrogen-bond acceptors (Lipinski definition) is 2. The molecule has 2 atom stereocenters. The lowest BCUT2D eigenvalue weighted by atomic mass is 9.91. The Hall–Kier alpha value is -1.02. The lowest BCUT2D eigenvalue weighted by molar-refractivity contribution is 0.302. The molecule has 0 amide bonds. The monoisotopic (exact) mass is 245 g/mol. The van der Waals surface area contributed by atoms with Gasteiger partial charge in [0.1, 0.15) is 5.75 Å². The van der Waals surface area contributed by atoms with E-state index in [1.165, 1.54) is 31.2 Å². The van der Waals surface area contributed by atoms with E-state index < -0.39 is 0 Å². The maximum atomic E-state index is 5.79. The zero-order chi connectivity index (χ0) is 12.5. The summed E-state index contributed by atoms with van der Waals surface area (Å²) in [5.74, 6) is 2.67. The Morgan fingerprint density at radius 3 is 2.28 bits per heavy atom. The molecule has 1 aromatic carbocycles. The first-order chi connectivity index (χ1) is 8.78. The van der Waals surface area contributed by atoms with Gasteiger partial charge in [0.05, 0.1) is 6.10 Å². The molecule has 0 heterocycles. The first kappa shape index (κ1) is 12.0. The third-order valence-corrected chi connectivity index (χ3v) is 4.27. The van der Waals surface area contributed by atoms with Gasteiger partial charge in [-0.25, -0.2) is 0 Å². The molecule has 2 nitrogen and oxygen atoms in total. The largest absolute Gasteiger partial charge is 0.490 e. The van der Waals surface area contributed by atoms with Crippen molar-refractivity contribution in [2.24, 2.45) is 11.8 Å². The lowest BCUT2D eigenvalue weighted by Gasteiger charge is -2.24. The third kappa shape index (κ3) is 2.69. The zero-order valence-corrected chi connectivity index (χ0v) is 11.4. The van der Waals surface area contributed by atoms with E-state index in [4.69, 9.17) is 4.74 Å². The van der Waals surface area contributed by atoms with Crippen molar-refractivity contribution in [2.75, 3.05) is 7.05 Å². The summed E-state index contributed by atoms with van der Waals surface area (Å²) in [4.78, 5) is 0. The van der Waals surface area contributed by atoms with Crippen molar-refractivity contribution in [1.82, 2.24) is 5.32 Å². The summed E-state index contributed by atoms with van der Waals surface area (Å²) in [6.07, 6.45) is 5.74. The van der Waals surface area contributed by atoms with Crippen LogP contribution in [-0.2, 0) is 0 Å². The minimum atomic E-state index is 0.479. The van der Waals surface area contributed by atoms with Crippen LogP contribution < -0.4 is 10.1 Å². The lowest BCUT2D eigenvalue weighted by Crippen LogP contribution is -2.24. The second-order valence-corrected chi connectivity index (χ2v) is 5.85. The highest BCUT2D eigenvalue weighted by Crippen LogP contribution is 2.42. The molecule has 0 saturated heterocycles. The summed E-state index contributed by atoms with van der Waals surface area (Å²) in [6.45, 7) is 2.37. The summed E-state index contributed by atoms with van der Waals surface area (Å²) in [5, 5.41) is 3.47. The van der Waals surface area contributed by atoms with E-state index in [0.29, 0.717) is 12.1 Å². The minimum Gasteiger partial charge on any atom is -0.490 e. The molecule has 2 aliphatic carbocycles. The Balaban J connectivity index is 1.68. The molecule has 2 fully saturated rings. The molecule has 0 bridgehead atoms. The average molecular weight is 245 g/mol. The van der Waals surface area contributed by atoms with E-state index in [-0.39, 0.29) is 0 Å². The Labute approximate surface area is 110 Å². The van der Waals surface area contributed by atoms with E-state index in [1.54, 1.807) is 0 Å². The van der Waals surface area contributed by atoms with E-state index in [2.05, 4.69) is 43.6 Å². The molecule has 98 valence electrons. The highest BCUT2D eigenvalue weighted by Gasteiger charge is 2.33. The molecule has 2 aliphatic rings. The van der Waals surface area contributed by atoms with Crippen molar-refractivity contribution in [2.45, 2.75) is 44.8 Å². The number of benzene rings is 1. The molecule has 2 heteroatoms. The number of nitrogens with one attached hydrogen (secondary N) is 1. The second kappa shape index (κ2) is 4.93. The molecule has 0 aliphatic heterocycles. The number of rotatable bonds is 6. The fraction of sp³-hybridized carbons (Fsp3) is 0.625. The predicted molar refractivity (Wildman–Crippen MR) is 73.8 cm³/mol. The van der Waals surface area contributed by atoms with Crippen LogP contribution in [0.15, 0.2) is 24.3 Å². The SMILES string of the molecule is CNC(c1ccc(OC2CC2)cc1)C(C)C1CC1. The van der Waals surface area contributed by atoms with Crippen LogP contribution in [0, 0.1) is 11.8 Å². The maximum absolute atomic E-state index is 5.79. The Morgan fingerprint density at radius 2 is 1.78 bits per heavy atom. The van der Waals surface area contributed by atoms with E-state index in [0.717, 1.165) is 17.6 Å². The van der Waals surface area contributed by atoms with Gasteiger partial charge in [0.2, 0.25) is 0 Å². The Kier molecular flexibility index (Phi) is 3.29. The van der Waals surface area contributed by atoms with Crippen molar-refractivity contribution in [3.8, 4) is 5.75 Å². The van der Waals surface area contributed by atoms with Crippen molar-refractivity contribution >= 4 is 0 Å². The van der Waals surface area contributed by atoms with Gasteiger partial charge in [0, 0.05) is 6.04 Å². The molecule has 18 heavy (non-hydrogen) atoms. The van der Waals surface area contributed by atoms with E-state index in [1.807, 2.05) is 0 Å². The van der Waals surface area contributed by atoms with E-state index in [9.17, 15) is 0 Å². The predicted octanol–water partition coefficient (Wildman–Crippen LogP) is 3.53. The molecule has 0 spiro atoms. The smallest absolute Gasteiger partial charge is 0.119 e. The Morgan fingerprint density at radius 1 is 1.11 bits per heavy atom. The summed E-state index contributed by atoms with van der Waals surface area (Å²) >= 11 is 0. The Bertz CT molecular complexity index is 392. The van der Waals surface area contributed by atoms with Gasteiger partial charge in [-0.2, -0.15) is 0 Å². The van der Waals surface area contributed by atoms with Crippen LogP contribution in [0.1, 0.15) is 44.2 Å². The molecular weight excluding hydrogens is 222 g/mol. The molecule has 2 unspecified atom stereocenters. The van der Waals surface area contributed by atoms with Gasteiger partial charge >= 0.3 is 0 Å². The van der Waals surface area contributed by atoms with Crippen molar-refractivity contribution < 1.29 is 4.74 Å². The third-order valence-electron chi connectivity index (χ3n) is 4.27. The first-order valence-electron chi connectivity index (χ1n) is 7.22. The highest BCUT2D eigenvalue weighted by molar-refractivity contribution is 5.30. The van der Waals surface area contributed by atoms with Crippen LogP contribution >= 0.6 is 0 Å². The molecule has 1 aromatic rings. The summed E-state index contributed by atoms with van der Waals surface area (Å²) in [6, 6.07) is 9.16. The van der Waals surface area contributed by atoms with Crippen LogP contribution in [0.5, 0.6) is 5.75 Å². The summed E-state index contributed by atoms with van der Waals surface area (Å²) in [5.41, 5.74) is 1.39. The van der Waals surface area contributed by atoms with Gasteiger partial charge < -0.3 is 10.1 Å². The summed E-state index contributed by atoms with van der Waals surface area (Å²) in [7, 11) is 2.07. The quantitative estimate of drug-likeness (QED) is 0.827. The minimum absolute atomic E-state index is 0.479. The first-order valence-corrected chi connectivity index (χ1v) is 7.22. The van der Waals surface area contributed by atoms with Crippen LogP contribution in [0.25, 0.3) is 0 Å². The van der Waals surface area contributed by atoms with Crippen molar-refractivity contribution in [3.05, 3.63) is 29.8 Å². The van der Waals surface area contributed by atoms with Gasteiger partial charge in [-0.05, 0) is 62.3 Å². The van der Waals surface area contributed by atoms with Gasteiger partial charge in [0.15, 0.2) is 0 Å². The van der Waals surface area contributed by atoms with Crippen molar-refractivity contribution in [1.29, 1.82) is 0 Å². The maximum Gasteiger partial charge on any atom is 0.119 e. The van der Waals surface area contributed by atoms with E-state index >= 15 is 0 Å². The molecule has 1 N–H and O–H groups in total. The zero-order valence-electron chi connectivity index (χ0n) is 11.4. The van der Waals surface area contributed by atoms with Gasteiger partial charge in [-0.15, -0.1) is 0 Å². The number of hydrogen-bond donors (Lipinski definition) is 1. The van der Waals surface area contributed by atoms with Crippen LogP contribution in [0.3, 0.4) is 0 Å². The highest BCUT2D eigenvalue weighted by atomic mass is 16.5. The van der Waals surface area contributed by atoms with Crippen LogP contribution in [0.4, 0.5) is 0 Å². The number of ether oxygens (including phenoxy) is 1. The molecule has 2 saturated carbocycles. The standard InChI is InChI=1S/C16H23NO/c1-11(12-3-4-12)16(17-2)13-5-7-14(8-6-13)18-15-9-10-15/h5-8,11-12,15-17H,3-4,9-10H2,1-2H3. The van der Waals surface area contributed by atoms with Crippen LogP contribution in [-0.4, -0.2) is 13.2 Å². The average Bonchev–Trinajstić information content (AvgIpc) is 3.26. The molecule has 0 radical (unpaired) electrons.